The molecule has 0 radical (unpaired) electrons. The maximum atomic E-state index is 10.6. The number of nitrogens with one attached hydrogen (secondary N) is 1. The molecule has 4 nitrogen and oxygen atoms in total. The number of benzene rings is 1. The average Bonchev–Trinajstić information content (AvgIpc) is 3.29. The van der Waals surface area contributed by atoms with Gasteiger partial charge in [0.05, 0.1) is 12.2 Å². The fourth-order valence-corrected chi connectivity index (χ4v) is 5.99. The molecule has 5 atom stereocenters. The van der Waals surface area contributed by atoms with Crippen molar-refractivity contribution in [2.24, 2.45) is 17.8 Å². The summed E-state index contributed by atoms with van der Waals surface area (Å²) in [5.74, 6) is 1.15. The largest absolute Gasteiger partial charge is 0.392 e. The maximum Gasteiger partial charge on any atom is 0.0761 e. The number of hydrogen-bond acceptors (Lipinski definition) is 4. The number of aliphatic hydroxyl groups excluding tert-OH is 2. The SMILES string of the molecule is Cc1cccc(C[C@@H](O)/C=C/[C@@H]2[C@H]3CC(CCNCCN4CCCCC4)=C[C@H]3C[C@H]2O)c1. The molecule has 1 saturated carbocycles. The zero-order valence-corrected chi connectivity index (χ0v) is 19.8. The number of hydrogen-bond donors (Lipinski definition) is 3. The predicted octanol–water partition coefficient (Wildman–Crippen LogP) is 3.86. The van der Waals surface area contributed by atoms with Gasteiger partial charge >= 0.3 is 0 Å². The Kier molecular flexibility index (Phi) is 8.59. The smallest absolute Gasteiger partial charge is 0.0761 e. The highest BCUT2D eigenvalue weighted by Gasteiger charge is 2.43. The Balaban J connectivity index is 1.19. The van der Waals surface area contributed by atoms with E-state index >= 15 is 0 Å². The third-order valence-corrected chi connectivity index (χ3v) is 7.71. The summed E-state index contributed by atoms with van der Waals surface area (Å²) in [7, 11) is 0. The third-order valence-electron chi connectivity index (χ3n) is 7.71. The topological polar surface area (TPSA) is 55.7 Å². The Morgan fingerprint density at radius 1 is 1.19 bits per heavy atom. The second kappa shape index (κ2) is 11.6. The van der Waals surface area contributed by atoms with Crippen LogP contribution >= 0.6 is 0 Å². The number of rotatable bonds is 10. The molecule has 32 heavy (non-hydrogen) atoms. The summed E-state index contributed by atoms with van der Waals surface area (Å²) < 4.78 is 0. The first-order valence-corrected chi connectivity index (χ1v) is 12.8. The summed E-state index contributed by atoms with van der Waals surface area (Å²) in [4.78, 5) is 2.58. The second-order valence-electron chi connectivity index (χ2n) is 10.3. The molecule has 4 rings (SSSR count). The molecule has 0 amide bonds. The second-order valence-corrected chi connectivity index (χ2v) is 10.3. The fourth-order valence-electron chi connectivity index (χ4n) is 5.99. The van der Waals surface area contributed by atoms with Gasteiger partial charge in [-0.25, -0.2) is 0 Å². The van der Waals surface area contributed by atoms with Gasteiger partial charge in [0.2, 0.25) is 0 Å². The van der Waals surface area contributed by atoms with Crippen LogP contribution in [0.1, 0.15) is 49.7 Å². The first kappa shape index (κ1) is 23.7. The van der Waals surface area contributed by atoms with Gasteiger partial charge in [-0.15, -0.1) is 0 Å². The molecule has 1 aromatic rings. The molecule has 0 spiro atoms. The van der Waals surface area contributed by atoms with Gasteiger partial charge in [-0.2, -0.15) is 0 Å². The minimum atomic E-state index is -0.499. The maximum absolute atomic E-state index is 10.6. The molecule has 3 N–H and O–H groups in total. The van der Waals surface area contributed by atoms with E-state index in [2.05, 4.69) is 47.5 Å². The molecule has 1 aromatic carbocycles. The molecule has 2 aliphatic carbocycles. The van der Waals surface area contributed by atoms with Crippen LogP contribution in [-0.2, 0) is 6.42 Å². The minimum absolute atomic E-state index is 0.160. The van der Waals surface area contributed by atoms with E-state index in [0.29, 0.717) is 18.3 Å². The van der Waals surface area contributed by atoms with E-state index in [-0.39, 0.29) is 12.0 Å². The number of aryl methyl sites for hydroxylation is 1. The molecule has 2 fully saturated rings. The molecule has 3 aliphatic rings. The van der Waals surface area contributed by atoms with Gasteiger partial charge in [0.15, 0.2) is 0 Å². The lowest BCUT2D eigenvalue weighted by molar-refractivity contribution is 0.140. The fraction of sp³-hybridized carbons (Fsp3) is 0.643. The van der Waals surface area contributed by atoms with E-state index in [1.807, 2.05) is 12.1 Å². The van der Waals surface area contributed by atoms with Crippen molar-refractivity contribution in [3.63, 3.8) is 0 Å². The zero-order valence-electron chi connectivity index (χ0n) is 19.8. The Hall–Kier alpha value is -1.46. The quantitative estimate of drug-likeness (QED) is 0.384. The van der Waals surface area contributed by atoms with Crippen molar-refractivity contribution >= 4 is 0 Å². The van der Waals surface area contributed by atoms with E-state index < -0.39 is 6.10 Å². The highest BCUT2D eigenvalue weighted by atomic mass is 16.3. The molecule has 0 aromatic heterocycles. The van der Waals surface area contributed by atoms with Crippen molar-refractivity contribution in [1.29, 1.82) is 0 Å². The summed E-state index contributed by atoms with van der Waals surface area (Å²) in [6, 6.07) is 8.32. The van der Waals surface area contributed by atoms with Crippen molar-refractivity contribution in [3.05, 3.63) is 59.2 Å². The monoisotopic (exact) mass is 438 g/mol. The van der Waals surface area contributed by atoms with Crippen molar-refractivity contribution in [1.82, 2.24) is 10.2 Å². The van der Waals surface area contributed by atoms with Crippen LogP contribution in [0.15, 0.2) is 48.1 Å². The van der Waals surface area contributed by atoms with Gasteiger partial charge in [-0.1, -0.05) is 60.1 Å². The van der Waals surface area contributed by atoms with E-state index in [1.54, 1.807) is 5.57 Å². The average molecular weight is 439 g/mol. The number of piperidine rings is 1. The Morgan fingerprint density at radius 3 is 2.84 bits per heavy atom. The molecular weight excluding hydrogens is 396 g/mol. The van der Waals surface area contributed by atoms with Crippen LogP contribution in [0.25, 0.3) is 0 Å². The minimum Gasteiger partial charge on any atom is -0.392 e. The summed E-state index contributed by atoms with van der Waals surface area (Å²) in [5.41, 5.74) is 3.93. The van der Waals surface area contributed by atoms with Gasteiger partial charge in [0.25, 0.3) is 0 Å². The third kappa shape index (κ3) is 6.54. The van der Waals surface area contributed by atoms with Crippen LogP contribution in [0.4, 0.5) is 0 Å². The molecule has 1 aliphatic heterocycles. The van der Waals surface area contributed by atoms with Crippen molar-refractivity contribution < 1.29 is 10.2 Å². The number of nitrogens with zero attached hydrogens (tertiary/aromatic N) is 1. The molecule has 0 unspecified atom stereocenters. The van der Waals surface area contributed by atoms with Crippen molar-refractivity contribution in [2.75, 3.05) is 32.7 Å². The van der Waals surface area contributed by atoms with Crippen LogP contribution in [0.2, 0.25) is 0 Å². The lowest BCUT2D eigenvalue weighted by Gasteiger charge is -2.26. The molecule has 4 heteroatoms. The van der Waals surface area contributed by atoms with Gasteiger partial charge < -0.3 is 20.4 Å². The van der Waals surface area contributed by atoms with Crippen molar-refractivity contribution in [2.45, 2.75) is 64.1 Å². The summed E-state index contributed by atoms with van der Waals surface area (Å²) in [5, 5.41) is 24.7. The molecule has 0 bridgehead atoms. The number of aliphatic hydroxyl groups is 2. The number of allylic oxidation sites excluding steroid dienone is 1. The summed E-state index contributed by atoms with van der Waals surface area (Å²) >= 11 is 0. The molecule has 1 heterocycles. The number of fused-ring (bicyclic) bond motifs is 1. The van der Waals surface area contributed by atoms with Gasteiger partial charge in [-0.05, 0) is 76.1 Å². The molecular formula is C28H42N2O2. The Labute approximate surface area is 194 Å². The normalized spacial score (nSPS) is 29.4. The van der Waals surface area contributed by atoms with E-state index in [0.717, 1.165) is 37.9 Å². The van der Waals surface area contributed by atoms with E-state index in [4.69, 9.17) is 0 Å². The first-order chi connectivity index (χ1) is 15.6. The van der Waals surface area contributed by atoms with Crippen LogP contribution in [-0.4, -0.2) is 60.0 Å². The Bertz CT molecular complexity index is 783. The van der Waals surface area contributed by atoms with E-state index in [9.17, 15) is 10.2 Å². The zero-order chi connectivity index (χ0) is 22.3. The molecule has 176 valence electrons. The molecule has 1 saturated heterocycles. The van der Waals surface area contributed by atoms with Crippen LogP contribution < -0.4 is 5.32 Å². The van der Waals surface area contributed by atoms with Crippen molar-refractivity contribution in [3.8, 4) is 0 Å². The summed E-state index contributed by atoms with van der Waals surface area (Å²) in [6.07, 6.45) is 13.5. The van der Waals surface area contributed by atoms with Gasteiger partial charge in [0.1, 0.15) is 0 Å². The lowest BCUT2D eigenvalue weighted by atomic mass is 9.88. The highest BCUT2D eigenvalue weighted by Crippen LogP contribution is 2.47. The standard InChI is InChI=1S/C28H42N2O2/c1-21-6-5-7-22(16-21)18-25(31)8-9-26-27-19-23(17-24(27)20-28(26)32)10-11-29-12-15-30-13-3-2-4-14-30/h5-9,16-17,24-29,31-32H,2-4,10-15,18-20H2,1H3/b9-8+/t24-,25-,26+,27-,28+/m0/s1. The van der Waals surface area contributed by atoms with Crippen LogP contribution in [0.5, 0.6) is 0 Å². The highest BCUT2D eigenvalue weighted by molar-refractivity contribution is 5.24. The van der Waals surface area contributed by atoms with Crippen LogP contribution in [0.3, 0.4) is 0 Å². The summed E-state index contributed by atoms with van der Waals surface area (Å²) in [6.45, 7) is 7.94. The van der Waals surface area contributed by atoms with Crippen LogP contribution in [0, 0.1) is 24.7 Å². The van der Waals surface area contributed by atoms with Gasteiger partial charge in [-0.3, -0.25) is 0 Å². The van der Waals surface area contributed by atoms with E-state index in [1.165, 1.54) is 44.5 Å². The van der Waals surface area contributed by atoms with Gasteiger partial charge in [0, 0.05) is 25.4 Å². The Morgan fingerprint density at radius 2 is 2.03 bits per heavy atom. The predicted molar refractivity (Wildman–Crippen MR) is 132 cm³/mol. The number of likely N-dealkylation sites (tertiary alicyclic amines) is 1. The lowest BCUT2D eigenvalue weighted by Crippen LogP contribution is -2.36. The first-order valence-electron chi connectivity index (χ1n) is 12.8.